The smallest absolute Gasteiger partial charge is 0.306 e. The molecule has 0 rings (SSSR count). The molecular formula is C65H110O6. The van der Waals surface area contributed by atoms with Gasteiger partial charge in [0.2, 0.25) is 0 Å². The van der Waals surface area contributed by atoms with Crippen LogP contribution in [0.5, 0.6) is 0 Å². The van der Waals surface area contributed by atoms with Gasteiger partial charge in [0.05, 0.1) is 0 Å². The highest BCUT2D eigenvalue weighted by Crippen LogP contribution is 2.15. The molecule has 406 valence electrons. The molecule has 0 aliphatic carbocycles. The minimum atomic E-state index is -0.800. The number of rotatable bonds is 53. The van der Waals surface area contributed by atoms with Crippen LogP contribution in [0.2, 0.25) is 0 Å². The van der Waals surface area contributed by atoms with Crippen LogP contribution in [-0.2, 0) is 28.6 Å². The molecule has 0 aromatic rings. The largest absolute Gasteiger partial charge is 0.462 e. The molecule has 0 amide bonds. The second-order valence-corrected chi connectivity index (χ2v) is 19.5. The molecule has 0 unspecified atom stereocenters. The lowest BCUT2D eigenvalue weighted by Gasteiger charge is -2.18. The maximum absolute atomic E-state index is 12.9. The Kier molecular flexibility index (Phi) is 55.9. The fourth-order valence-electron chi connectivity index (χ4n) is 8.08. The van der Waals surface area contributed by atoms with E-state index in [1.807, 2.05) is 0 Å². The Morgan fingerprint density at radius 1 is 0.296 bits per heavy atom. The number of carbonyl (C=O) groups excluding carboxylic acids is 3. The van der Waals surface area contributed by atoms with Crippen molar-refractivity contribution in [3.63, 3.8) is 0 Å². The summed E-state index contributed by atoms with van der Waals surface area (Å²) < 4.78 is 16.9. The van der Waals surface area contributed by atoms with Crippen molar-refractivity contribution in [2.45, 2.75) is 284 Å². The number of unbranched alkanes of at least 4 members (excludes halogenated alkanes) is 26. The van der Waals surface area contributed by atoms with Crippen molar-refractivity contribution >= 4 is 17.9 Å². The summed E-state index contributed by atoms with van der Waals surface area (Å²) in [6.45, 7) is 6.47. The Balaban J connectivity index is 4.46. The van der Waals surface area contributed by atoms with Crippen LogP contribution < -0.4 is 0 Å². The topological polar surface area (TPSA) is 78.9 Å². The first-order chi connectivity index (χ1) is 35.0. The van der Waals surface area contributed by atoms with E-state index in [9.17, 15) is 14.4 Å². The van der Waals surface area contributed by atoms with Crippen LogP contribution in [0.3, 0.4) is 0 Å². The molecule has 0 fully saturated rings. The summed E-state index contributed by atoms with van der Waals surface area (Å²) in [5.74, 6) is -0.939. The standard InChI is InChI=1S/C65H110O6/c1-4-7-10-13-16-19-22-25-28-30-32-34-37-40-43-46-49-52-55-58-64(67)70-61-62(60-69-63(66)57-54-51-48-45-42-39-36-27-24-21-18-15-12-9-6-3)71-65(68)59-56-53-50-47-44-41-38-35-33-31-29-26-23-20-17-14-11-8-5-2/h7,10,16,18-19,21,25-29,32,34,36,40,43,62H,4-6,8-9,11-15,17,20,22-24,30-31,33,35,37-39,41-42,44-61H2,1-3H3/b10-7-,19-16-,21-18-,28-25-,29-26-,34-32-,36-27-,43-40-/t62-/m1/s1. The zero-order valence-electron chi connectivity index (χ0n) is 46.5. The summed E-state index contributed by atoms with van der Waals surface area (Å²) in [5.41, 5.74) is 0. The third-order valence-corrected chi connectivity index (χ3v) is 12.5. The van der Waals surface area contributed by atoms with Crippen LogP contribution in [0.1, 0.15) is 278 Å². The number of carbonyl (C=O) groups is 3. The van der Waals surface area contributed by atoms with Gasteiger partial charge in [-0.1, -0.05) is 234 Å². The van der Waals surface area contributed by atoms with E-state index < -0.39 is 6.10 Å². The minimum absolute atomic E-state index is 0.0964. The highest BCUT2D eigenvalue weighted by molar-refractivity contribution is 5.71. The maximum atomic E-state index is 12.9. The highest BCUT2D eigenvalue weighted by Gasteiger charge is 2.19. The van der Waals surface area contributed by atoms with E-state index in [0.29, 0.717) is 19.3 Å². The van der Waals surface area contributed by atoms with E-state index in [0.717, 1.165) is 122 Å². The molecule has 0 saturated carbocycles. The van der Waals surface area contributed by atoms with Crippen LogP contribution in [0.4, 0.5) is 0 Å². The van der Waals surface area contributed by atoms with E-state index in [1.165, 1.54) is 116 Å². The van der Waals surface area contributed by atoms with Crippen molar-refractivity contribution in [1.29, 1.82) is 0 Å². The molecule has 0 N–H and O–H groups in total. The molecular weight excluding hydrogens is 877 g/mol. The molecule has 0 spiro atoms. The summed E-state index contributed by atoms with van der Waals surface area (Å²) in [6, 6.07) is 0. The zero-order chi connectivity index (χ0) is 51.4. The van der Waals surface area contributed by atoms with Crippen LogP contribution >= 0.6 is 0 Å². The molecule has 71 heavy (non-hydrogen) atoms. The number of hydrogen-bond donors (Lipinski definition) is 0. The highest BCUT2D eigenvalue weighted by atomic mass is 16.6. The van der Waals surface area contributed by atoms with Crippen molar-refractivity contribution in [2.24, 2.45) is 0 Å². The molecule has 0 aromatic heterocycles. The quantitative estimate of drug-likeness (QED) is 0.0261. The average molecular weight is 988 g/mol. The Labute approximate surface area is 438 Å². The molecule has 6 heteroatoms. The van der Waals surface area contributed by atoms with Gasteiger partial charge in [0.25, 0.3) is 0 Å². The van der Waals surface area contributed by atoms with Crippen LogP contribution in [0.25, 0.3) is 0 Å². The van der Waals surface area contributed by atoms with Gasteiger partial charge >= 0.3 is 17.9 Å². The lowest BCUT2D eigenvalue weighted by atomic mass is 10.1. The zero-order valence-corrected chi connectivity index (χ0v) is 46.5. The van der Waals surface area contributed by atoms with Gasteiger partial charge in [-0.15, -0.1) is 0 Å². The van der Waals surface area contributed by atoms with Crippen molar-refractivity contribution < 1.29 is 28.6 Å². The first-order valence-corrected chi connectivity index (χ1v) is 29.7. The predicted molar refractivity (Wildman–Crippen MR) is 307 cm³/mol. The average Bonchev–Trinajstić information content (AvgIpc) is 3.37. The van der Waals surface area contributed by atoms with Gasteiger partial charge in [-0.25, -0.2) is 0 Å². The minimum Gasteiger partial charge on any atom is -0.462 e. The molecule has 1 atom stereocenters. The van der Waals surface area contributed by atoms with Gasteiger partial charge in [-0.2, -0.15) is 0 Å². The van der Waals surface area contributed by atoms with Gasteiger partial charge in [0.1, 0.15) is 13.2 Å². The molecule has 0 aliphatic heterocycles. The first-order valence-electron chi connectivity index (χ1n) is 29.7. The van der Waals surface area contributed by atoms with E-state index in [-0.39, 0.29) is 31.1 Å². The first kappa shape index (κ1) is 67.3. The Hall–Kier alpha value is -3.67. The van der Waals surface area contributed by atoms with Crippen molar-refractivity contribution in [1.82, 2.24) is 0 Å². The van der Waals surface area contributed by atoms with Crippen LogP contribution in [0.15, 0.2) is 97.2 Å². The lowest BCUT2D eigenvalue weighted by Crippen LogP contribution is -2.30. The number of ether oxygens (including phenoxy) is 3. The maximum Gasteiger partial charge on any atom is 0.306 e. The SMILES string of the molecule is CC/C=C\C/C=C\C/C=C\C/C=C\C/C=C\CCCCCC(=O)OC[C@@H](COC(=O)CCCCCCC/C=C\C/C=C\CCCCC)OC(=O)CCCCCCCCCCC/C=C\CCCCCCCC. The third kappa shape index (κ3) is 57.1. The monoisotopic (exact) mass is 987 g/mol. The number of allylic oxidation sites excluding steroid dienone is 16. The summed E-state index contributed by atoms with van der Waals surface area (Å²) in [7, 11) is 0. The van der Waals surface area contributed by atoms with Crippen molar-refractivity contribution in [3.8, 4) is 0 Å². The summed E-state index contributed by atoms with van der Waals surface area (Å²) in [5, 5.41) is 0. The summed E-state index contributed by atoms with van der Waals surface area (Å²) in [6.07, 6.45) is 78.2. The molecule has 0 radical (unpaired) electrons. The predicted octanol–water partition coefficient (Wildman–Crippen LogP) is 20.1. The molecule has 0 bridgehead atoms. The molecule has 0 aromatic carbocycles. The fraction of sp³-hybridized carbons (Fsp3) is 0.708. The van der Waals surface area contributed by atoms with Gasteiger partial charge in [0, 0.05) is 19.3 Å². The third-order valence-electron chi connectivity index (χ3n) is 12.5. The second kappa shape index (κ2) is 58.9. The molecule has 6 nitrogen and oxygen atoms in total. The van der Waals surface area contributed by atoms with E-state index in [2.05, 4.69) is 118 Å². The summed E-state index contributed by atoms with van der Waals surface area (Å²) in [4.78, 5) is 38.2. The van der Waals surface area contributed by atoms with Crippen molar-refractivity contribution in [3.05, 3.63) is 97.2 Å². The Morgan fingerprint density at radius 3 is 0.915 bits per heavy atom. The van der Waals surface area contributed by atoms with E-state index in [1.54, 1.807) is 0 Å². The molecule has 0 aliphatic rings. The normalized spacial score (nSPS) is 12.8. The molecule has 0 saturated heterocycles. The Bertz CT molecular complexity index is 1410. The number of hydrogen-bond acceptors (Lipinski definition) is 6. The van der Waals surface area contributed by atoms with Gasteiger partial charge in [-0.05, 0) is 122 Å². The lowest BCUT2D eigenvalue weighted by molar-refractivity contribution is -0.167. The van der Waals surface area contributed by atoms with Gasteiger partial charge < -0.3 is 14.2 Å². The number of esters is 3. The van der Waals surface area contributed by atoms with Gasteiger partial charge in [-0.3, -0.25) is 14.4 Å². The van der Waals surface area contributed by atoms with E-state index in [4.69, 9.17) is 14.2 Å². The van der Waals surface area contributed by atoms with Crippen LogP contribution in [0, 0.1) is 0 Å². The van der Waals surface area contributed by atoms with Gasteiger partial charge in [0.15, 0.2) is 6.10 Å². The Morgan fingerprint density at radius 2 is 0.549 bits per heavy atom. The summed E-state index contributed by atoms with van der Waals surface area (Å²) >= 11 is 0. The second-order valence-electron chi connectivity index (χ2n) is 19.5. The van der Waals surface area contributed by atoms with Crippen LogP contribution in [-0.4, -0.2) is 37.2 Å². The van der Waals surface area contributed by atoms with Crippen molar-refractivity contribution in [2.75, 3.05) is 13.2 Å². The molecule has 0 heterocycles. The van der Waals surface area contributed by atoms with E-state index >= 15 is 0 Å². The fourth-order valence-corrected chi connectivity index (χ4v) is 8.08.